The SMILES string of the molecule is Cc1ccccc1Cc1nc(Cl)c(C2CCCC2)c(Cl)n1. The summed E-state index contributed by atoms with van der Waals surface area (Å²) in [4.78, 5) is 8.97. The molecule has 0 radical (unpaired) electrons. The number of aryl methyl sites for hydroxylation is 1. The highest BCUT2D eigenvalue weighted by atomic mass is 35.5. The van der Waals surface area contributed by atoms with Gasteiger partial charge in [0.15, 0.2) is 0 Å². The third-order valence-electron chi connectivity index (χ3n) is 4.27. The quantitative estimate of drug-likeness (QED) is 0.713. The first-order valence-electron chi connectivity index (χ1n) is 7.41. The van der Waals surface area contributed by atoms with Crippen LogP contribution in [0.15, 0.2) is 24.3 Å². The lowest BCUT2D eigenvalue weighted by molar-refractivity contribution is 0.710. The number of hydrogen-bond donors (Lipinski definition) is 0. The molecule has 1 aromatic heterocycles. The number of nitrogens with zero attached hydrogens (tertiary/aromatic N) is 2. The van der Waals surface area contributed by atoms with E-state index in [1.54, 1.807) is 0 Å². The molecule has 1 aliphatic rings. The third kappa shape index (κ3) is 3.22. The lowest BCUT2D eigenvalue weighted by Gasteiger charge is -2.14. The highest BCUT2D eigenvalue weighted by Gasteiger charge is 2.24. The van der Waals surface area contributed by atoms with Gasteiger partial charge in [-0.1, -0.05) is 60.3 Å². The molecule has 0 unspecified atom stereocenters. The molecule has 1 aliphatic carbocycles. The van der Waals surface area contributed by atoms with Crippen LogP contribution in [0.4, 0.5) is 0 Å². The van der Waals surface area contributed by atoms with E-state index in [4.69, 9.17) is 23.2 Å². The molecule has 0 amide bonds. The Bertz CT molecular complexity index is 626. The van der Waals surface area contributed by atoms with Crippen LogP contribution in [0.2, 0.25) is 10.3 Å². The maximum Gasteiger partial charge on any atom is 0.137 e. The first-order chi connectivity index (χ1) is 10.1. The summed E-state index contributed by atoms with van der Waals surface area (Å²) in [5, 5.41) is 1.07. The minimum absolute atomic E-state index is 0.428. The molecule has 21 heavy (non-hydrogen) atoms. The molecule has 1 saturated carbocycles. The predicted molar refractivity (Wildman–Crippen MR) is 87.2 cm³/mol. The number of rotatable bonds is 3. The molecule has 1 aromatic carbocycles. The highest BCUT2D eigenvalue weighted by molar-refractivity contribution is 6.34. The van der Waals surface area contributed by atoms with Crippen LogP contribution in [0.1, 0.15) is 54.1 Å². The Labute approximate surface area is 135 Å². The lowest BCUT2D eigenvalue weighted by atomic mass is 10.0. The molecule has 1 heterocycles. The molecule has 0 aliphatic heterocycles. The molecule has 0 N–H and O–H groups in total. The Kier molecular flexibility index (Phi) is 4.46. The van der Waals surface area contributed by atoms with Crippen LogP contribution in [-0.4, -0.2) is 9.97 Å². The van der Waals surface area contributed by atoms with Gasteiger partial charge in [-0.05, 0) is 36.8 Å². The van der Waals surface area contributed by atoms with Gasteiger partial charge >= 0.3 is 0 Å². The van der Waals surface area contributed by atoms with E-state index in [-0.39, 0.29) is 0 Å². The monoisotopic (exact) mass is 320 g/mol. The Morgan fingerprint density at radius 3 is 2.29 bits per heavy atom. The second kappa shape index (κ2) is 6.33. The summed E-state index contributed by atoms with van der Waals surface area (Å²) in [5.74, 6) is 1.12. The van der Waals surface area contributed by atoms with Gasteiger partial charge in [-0.2, -0.15) is 0 Å². The average Bonchev–Trinajstić information content (AvgIpc) is 2.94. The lowest BCUT2D eigenvalue weighted by Crippen LogP contribution is -2.05. The van der Waals surface area contributed by atoms with E-state index in [9.17, 15) is 0 Å². The Hall–Kier alpha value is -1.12. The predicted octanol–water partition coefficient (Wildman–Crippen LogP) is 5.34. The normalized spacial score (nSPS) is 15.6. The van der Waals surface area contributed by atoms with Crippen LogP contribution in [0, 0.1) is 6.92 Å². The molecule has 1 fully saturated rings. The van der Waals surface area contributed by atoms with Gasteiger partial charge in [0, 0.05) is 12.0 Å². The van der Waals surface area contributed by atoms with Gasteiger partial charge in [-0.25, -0.2) is 9.97 Å². The van der Waals surface area contributed by atoms with Gasteiger partial charge in [0.25, 0.3) is 0 Å². The van der Waals surface area contributed by atoms with Gasteiger partial charge in [0.05, 0.1) is 0 Å². The fourth-order valence-electron chi connectivity index (χ4n) is 3.07. The standard InChI is InChI=1S/C17H18Cl2N2/c1-11-6-2-3-9-13(11)10-14-20-16(18)15(17(19)21-14)12-7-4-5-8-12/h2-3,6,9,12H,4-5,7-8,10H2,1H3. The van der Waals surface area contributed by atoms with Crippen molar-refractivity contribution in [2.75, 3.05) is 0 Å². The summed E-state index contributed by atoms with van der Waals surface area (Å²) in [6, 6.07) is 8.23. The molecule has 0 saturated heterocycles. The van der Waals surface area contributed by atoms with Crippen molar-refractivity contribution in [3.8, 4) is 0 Å². The van der Waals surface area contributed by atoms with Gasteiger partial charge in [0.1, 0.15) is 16.1 Å². The molecule has 0 atom stereocenters. The van der Waals surface area contributed by atoms with Gasteiger partial charge < -0.3 is 0 Å². The van der Waals surface area contributed by atoms with E-state index in [1.807, 2.05) is 12.1 Å². The van der Waals surface area contributed by atoms with Crippen LogP contribution < -0.4 is 0 Å². The number of hydrogen-bond acceptors (Lipinski definition) is 2. The summed E-state index contributed by atoms with van der Waals surface area (Å²) in [6.45, 7) is 2.09. The highest BCUT2D eigenvalue weighted by Crippen LogP contribution is 2.40. The van der Waals surface area contributed by atoms with Gasteiger partial charge in [0.2, 0.25) is 0 Å². The zero-order chi connectivity index (χ0) is 14.8. The summed E-state index contributed by atoms with van der Waals surface area (Å²) in [6.07, 6.45) is 5.42. The molecule has 2 nitrogen and oxygen atoms in total. The van der Waals surface area contributed by atoms with E-state index in [1.165, 1.54) is 24.0 Å². The Balaban J connectivity index is 1.89. The van der Waals surface area contributed by atoms with Crippen LogP contribution in [0.5, 0.6) is 0 Å². The van der Waals surface area contributed by atoms with E-state index in [2.05, 4.69) is 29.0 Å². The van der Waals surface area contributed by atoms with E-state index in [0.29, 0.717) is 28.5 Å². The minimum atomic E-state index is 0.428. The second-order valence-corrected chi connectivity index (χ2v) is 6.44. The van der Waals surface area contributed by atoms with E-state index >= 15 is 0 Å². The average molecular weight is 321 g/mol. The molecule has 4 heteroatoms. The van der Waals surface area contributed by atoms with Crippen molar-refractivity contribution in [3.63, 3.8) is 0 Å². The zero-order valence-electron chi connectivity index (χ0n) is 12.1. The molecule has 0 bridgehead atoms. The maximum atomic E-state index is 6.39. The van der Waals surface area contributed by atoms with Crippen LogP contribution in [0.25, 0.3) is 0 Å². The topological polar surface area (TPSA) is 25.8 Å². The van der Waals surface area contributed by atoms with Gasteiger partial charge in [-0.15, -0.1) is 0 Å². The van der Waals surface area contributed by atoms with E-state index in [0.717, 1.165) is 18.4 Å². The number of aromatic nitrogens is 2. The van der Waals surface area contributed by atoms with Crippen molar-refractivity contribution in [2.24, 2.45) is 0 Å². The number of benzene rings is 1. The second-order valence-electron chi connectivity index (χ2n) is 5.72. The van der Waals surface area contributed by atoms with Crippen molar-refractivity contribution in [3.05, 3.63) is 57.1 Å². The largest absolute Gasteiger partial charge is 0.220 e. The van der Waals surface area contributed by atoms with Crippen LogP contribution >= 0.6 is 23.2 Å². The minimum Gasteiger partial charge on any atom is -0.220 e. The Morgan fingerprint density at radius 2 is 1.67 bits per heavy atom. The van der Waals surface area contributed by atoms with Crippen LogP contribution in [0.3, 0.4) is 0 Å². The molecule has 110 valence electrons. The van der Waals surface area contributed by atoms with Crippen molar-refractivity contribution < 1.29 is 0 Å². The summed E-state index contributed by atoms with van der Waals surface area (Å²) < 4.78 is 0. The summed E-state index contributed by atoms with van der Waals surface area (Å²) >= 11 is 12.8. The van der Waals surface area contributed by atoms with Crippen LogP contribution in [-0.2, 0) is 6.42 Å². The summed E-state index contributed by atoms with van der Waals surface area (Å²) in [7, 11) is 0. The summed E-state index contributed by atoms with van der Waals surface area (Å²) in [5.41, 5.74) is 3.39. The van der Waals surface area contributed by atoms with Crippen molar-refractivity contribution in [1.29, 1.82) is 0 Å². The first kappa shape index (κ1) is 14.8. The third-order valence-corrected chi connectivity index (χ3v) is 4.85. The fraction of sp³-hybridized carbons (Fsp3) is 0.412. The van der Waals surface area contributed by atoms with Crippen molar-refractivity contribution >= 4 is 23.2 Å². The maximum absolute atomic E-state index is 6.39. The zero-order valence-corrected chi connectivity index (χ0v) is 13.6. The van der Waals surface area contributed by atoms with E-state index < -0.39 is 0 Å². The smallest absolute Gasteiger partial charge is 0.137 e. The Morgan fingerprint density at radius 1 is 1.05 bits per heavy atom. The first-order valence-corrected chi connectivity index (χ1v) is 8.17. The molecular weight excluding hydrogens is 303 g/mol. The van der Waals surface area contributed by atoms with Crippen molar-refractivity contribution in [1.82, 2.24) is 9.97 Å². The fourth-order valence-corrected chi connectivity index (χ4v) is 3.80. The molecular formula is C17H18Cl2N2. The molecule has 3 rings (SSSR count). The number of halogens is 2. The van der Waals surface area contributed by atoms with Crippen molar-refractivity contribution in [2.45, 2.75) is 44.9 Å². The van der Waals surface area contributed by atoms with Gasteiger partial charge in [-0.3, -0.25) is 0 Å². The molecule has 2 aromatic rings. The molecule has 0 spiro atoms.